The largest absolute Gasteiger partial charge is 0.481 e. The fourth-order valence-corrected chi connectivity index (χ4v) is 2.25. The lowest BCUT2D eigenvalue weighted by molar-refractivity contribution is -0.133. The van der Waals surface area contributed by atoms with E-state index in [9.17, 15) is 4.79 Å². The number of nitrogens with zero attached hydrogens (tertiary/aromatic N) is 3. The third kappa shape index (κ3) is 4.33. The fraction of sp³-hybridized carbons (Fsp3) is 0.750. The maximum absolute atomic E-state index is 10.6. The van der Waals surface area contributed by atoms with Gasteiger partial charge in [0, 0.05) is 12.5 Å². The van der Waals surface area contributed by atoms with Gasteiger partial charge < -0.3 is 9.67 Å². The van der Waals surface area contributed by atoms with Crippen molar-refractivity contribution in [2.24, 2.45) is 5.41 Å². The number of carbonyl (C=O) groups is 1. The molecule has 1 aromatic rings. The third-order valence-corrected chi connectivity index (χ3v) is 3.17. The zero-order valence-corrected chi connectivity index (χ0v) is 12.4. The molecule has 0 aromatic carbocycles. The Morgan fingerprint density at radius 2 is 2.00 bits per heavy atom. The van der Waals surface area contributed by atoms with E-state index in [0.29, 0.717) is 5.16 Å². The van der Waals surface area contributed by atoms with Crippen molar-refractivity contribution in [2.75, 3.05) is 5.75 Å². The second kappa shape index (κ2) is 5.73. The summed E-state index contributed by atoms with van der Waals surface area (Å²) in [6.45, 7) is 11.3. The lowest BCUT2D eigenvalue weighted by Gasteiger charge is -2.22. The lowest BCUT2D eigenvalue weighted by atomic mass is 9.96. The molecule has 6 heteroatoms. The van der Waals surface area contributed by atoms with Gasteiger partial charge in [0.05, 0.1) is 5.75 Å². The Kier molecular flexibility index (Phi) is 4.78. The van der Waals surface area contributed by atoms with E-state index in [4.69, 9.17) is 5.11 Å². The Labute approximate surface area is 112 Å². The molecule has 0 aliphatic rings. The van der Waals surface area contributed by atoms with Crippen molar-refractivity contribution in [3.8, 4) is 0 Å². The number of carboxylic acid groups (broad SMARTS) is 1. The average Bonchev–Trinajstić information content (AvgIpc) is 2.55. The molecule has 0 atom stereocenters. The number of carboxylic acids is 1. The molecule has 0 radical (unpaired) electrons. The van der Waals surface area contributed by atoms with Gasteiger partial charge in [0.15, 0.2) is 5.16 Å². The van der Waals surface area contributed by atoms with Crippen LogP contribution in [0.3, 0.4) is 0 Å². The van der Waals surface area contributed by atoms with E-state index in [0.717, 1.165) is 12.4 Å². The highest BCUT2D eigenvalue weighted by Crippen LogP contribution is 2.26. The zero-order chi connectivity index (χ0) is 13.9. The molecule has 0 aliphatic carbocycles. The van der Waals surface area contributed by atoms with Crippen LogP contribution in [0.15, 0.2) is 5.16 Å². The SMILES string of the molecule is CC(C)c1nnc(SCC(=O)O)n1CC(C)(C)C. The molecule has 1 rings (SSSR count). The van der Waals surface area contributed by atoms with Crippen LogP contribution in [0.4, 0.5) is 0 Å². The number of hydrogen-bond donors (Lipinski definition) is 1. The third-order valence-electron chi connectivity index (χ3n) is 2.22. The summed E-state index contributed by atoms with van der Waals surface area (Å²) >= 11 is 1.22. The normalized spacial score (nSPS) is 12.1. The molecule has 0 spiro atoms. The highest BCUT2D eigenvalue weighted by atomic mass is 32.2. The molecule has 1 heterocycles. The lowest BCUT2D eigenvalue weighted by Crippen LogP contribution is -2.19. The second-order valence-electron chi connectivity index (χ2n) is 5.82. The molecule has 0 amide bonds. The summed E-state index contributed by atoms with van der Waals surface area (Å²) in [7, 11) is 0. The molecule has 0 saturated heterocycles. The minimum Gasteiger partial charge on any atom is -0.481 e. The maximum Gasteiger partial charge on any atom is 0.313 e. The number of aromatic nitrogens is 3. The topological polar surface area (TPSA) is 68.0 Å². The molecular weight excluding hydrogens is 250 g/mol. The average molecular weight is 271 g/mol. The van der Waals surface area contributed by atoms with Gasteiger partial charge in [0.25, 0.3) is 0 Å². The van der Waals surface area contributed by atoms with Gasteiger partial charge in [-0.2, -0.15) is 0 Å². The molecule has 0 aliphatic heterocycles. The summed E-state index contributed by atoms with van der Waals surface area (Å²) in [5.41, 5.74) is 0.102. The van der Waals surface area contributed by atoms with E-state index in [1.54, 1.807) is 0 Å². The summed E-state index contributed by atoms with van der Waals surface area (Å²) in [4.78, 5) is 10.6. The van der Waals surface area contributed by atoms with E-state index in [1.165, 1.54) is 11.8 Å². The van der Waals surface area contributed by atoms with E-state index < -0.39 is 5.97 Å². The van der Waals surface area contributed by atoms with Gasteiger partial charge >= 0.3 is 5.97 Å². The van der Waals surface area contributed by atoms with Gasteiger partial charge in [-0.05, 0) is 5.41 Å². The maximum atomic E-state index is 10.6. The Morgan fingerprint density at radius 3 is 2.44 bits per heavy atom. The van der Waals surface area contributed by atoms with Crippen LogP contribution in [0, 0.1) is 5.41 Å². The number of rotatable bonds is 5. The van der Waals surface area contributed by atoms with Crippen molar-refractivity contribution in [1.29, 1.82) is 0 Å². The molecule has 0 fully saturated rings. The smallest absolute Gasteiger partial charge is 0.313 e. The summed E-state index contributed by atoms with van der Waals surface area (Å²) in [5, 5.41) is 17.7. The Bertz CT molecular complexity index is 421. The number of hydrogen-bond acceptors (Lipinski definition) is 4. The van der Waals surface area contributed by atoms with Gasteiger partial charge in [-0.25, -0.2) is 0 Å². The van der Waals surface area contributed by atoms with Crippen molar-refractivity contribution < 1.29 is 9.90 Å². The number of thioether (sulfide) groups is 1. The van der Waals surface area contributed by atoms with Crippen molar-refractivity contribution in [1.82, 2.24) is 14.8 Å². The molecule has 0 saturated carbocycles. The zero-order valence-electron chi connectivity index (χ0n) is 11.6. The van der Waals surface area contributed by atoms with Crippen LogP contribution in [0.25, 0.3) is 0 Å². The molecule has 0 bridgehead atoms. The van der Waals surface area contributed by atoms with Crippen LogP contribution in [-0.4, -0.2) is 31.6 Å². The molecule has 1 aromatic heterocycles. The van der Waals surface area contributed by atoms with Crippen molar-refractivity contribution in [2.45, 2.75) is 52.2 Å². The highest BCUT2D eigenvalue weighted by Gasteiger charge is 2.21. The van der Waals surface area contributed by atoms with Crippen LogP contribution >= 0.6 is 11.8 Å². The molecule has 102 valence electrons. The van der Waals surface area contributed by atoms with E-state index >= 15 is 0 Å². The van der Waals surface area contributed by atoms with Crippen molar-refractivity contribution >= 4 is 17.7 Å². The van der Waals surface area contributed by atoms with Crippen molar-refractivity contribution in [3.05, 3.63) is 5.82 Å². The monoisotopic (exact) mass is 271 g/mol. The van der Waals surface area contributed by atoms with Crippen LogP contribution in [0.2, 0.25) is 0 Å². The standard InChI is InChI=1S/C12H21N3O2S/c1-8(2)10-13-14-11(18-6-9(16)17)15(10)7-12(3,4)5/h8H,6-7H2,1-5H3,(H,16,17). The van der Waals surface area contributed by atoms with Crippen LogP contribution in [-0.2, 0) is 11.3 Å². The first-order valence-electron chi connectivity index (χ1n) is 5.98. The summed E-state index contributed by atoms with van der Waals surface area (Å²) in [5.74, 6) is 0.369. The van der Waals surface area contributed by atoms with Gasteiger partial charge in [0.2, 0.25) is 0 Å². The molecule has 0 unspecified atom stereocenters. The quantitative estimate of drug-likeness (QED) is 0.834. The van der Waals surface area contributed by atoms with Crippen LogP contribution in [0.1, 0.15) is 46.4 Å². The Balaban J connectivity index is 2.99. The van der Waals surface area contributed by atoms with Crippen LogP contribution in [0.5, 0.6) is 0 Å². The predicted octanol–water partition coefficient (Wildman–Crippen LogP) is 2.62. The minimum absolute atomic E-state index is 0.0143. The summed E-state index contributed by atoms with van der Waals surface area (Å²) in [6.07, 6.45) is 0. The first-order chi connectivity index (χ1) is 8.20. The molecule has 5 nitrogen and oxygen atoms in total. The van der Waals surface area contributed by atoms with Gasteiger partial charge in [-0.1, -0.05) is 46.4 Å². The van der Waals surface area contributed by atoms with E-state index in [2.05, 4.69) is 44.8 Å². The first kappa shape index (κ1) is 15.0. The predicted molar refractivity (Wildman–Crippen MR) is 71.9 cm³/mol. The van der Waals surface area contributed by atoms with Gasteiger partial charge in [0.1, 0.15) is 5.82 Å². The second-order valence-corrected chi connectivity index (χ2v) is 6.77. The van der Waals surface area contributed by atoms with Gasteiger partial charge in [-0.15, -0.1) is 10.2 Å². The Morgan fingerprint density at radius 1 is 1.39 bits per heavy atom. The van der Waals surface area contributed by atoms with Gasteiger partial charge in [-0.3, -0.25) is 4.79 Å². The van der Waals surface area contributed by atoms with E-state index in [-0.39, 0.29) is 17.1 Å². The van der Waals surface area contributed by atoms with E-state index in [1.807, 2.05) is 4.57 Å². The molecule has 18 heavy (non-hydrogen) atoms. The Hall–Kier alpha value is -1.04. The summed E-state index contributed by atoms with van der Waals surface area (Å²) in [6, 6.07) is 0. The van der Waals surface area contributed by atoms with Crippen molar-refractivity contribution in [3.63, 3.8) is 0 Å². The minimum atomic E-state index is -0.837. The molecular formula is C12H21N3O2S. The number of aliphatic carboxylic acids is 1. The molecule has 1 N–H and O–H groups in total. The summed E-state index contributed by atoms with van der Waals surface area (Å²) < 4.78 is 2.04. The highest BCUT2D eigenvalue weighted by molar-refractivity contribution is 7.99. The fourth-order valence-electron chi connectivity index (χ4n) is 1.58. The van der Waals surface area contributed by atoms with Crippen LogP contribution < -0.4 is 0 Å². The first-order valence-corrected chi connectivity index (χ1v) is 6.97.